The Morgan fingerprint density at radius 3 is 2.52 bits per heavy atom. The third-order valence-corrected chi connectivity index (χ3v) is 3.31. The van der Waals surface area contributed by atoms with Crippen LogP contribution in [-0.4, -0.2) is 33.7 Å². The number of hydrogen-bond donors (Lipinski definition) is 3. The molecule has 0 aliphatic carbocycles. The molecule has 1 aromatic heterocycles. The number of unbranched alkanes of at least 4 members (excludes halogenated alkanes) is 4. The summed E-state index contributed by atoms with van der Waals surface area (Å²) in [4.78, 5) is 22.2. The lowest BCUT2D eigenvalue weighted by Gasteiger charge is -2.03. The van der Waals surface area contributed by atoms with Crippen LogP contribution in [0.2, 0.25) is 0 Å². The molecule has 0 fully saturated rings. The minimum Gasteiger partial charge on any atom is -0.481 e. The SMILES string of the molecule is CC(C)c1cc(C(=O)NCCCCCCCC(=O)O)n[nH]1. The van der Waals surface area contributed by atoms with Gasteiger partial charge >= 0.3 is 5.97 Å². The highest BCUT2D eigenvalue weighted by atomic mass is 16.4. The number of nitrogens with zero attached hydrogens (tertiary/aromatic N) is 1. The first kappa shape index (κ1) is 17.2. The summed E-state index contributed by atoms with van der Waals surface area (Å²) in [5.41, 5.74) is 1.39. The number of carboxylic acids is 1. The third kappa shape index (κ3) is 6.92. The van der Waals surface area contributed by atoms with Crippen molar-refractivity contribution in [3.8, 4) is 0 Å². The van der Waals surface area contributed by atoms with Crippen LogP contribution < -0.4 is 5.32 Å². The van der Waals surface area contributed by atoms with Crippen molar-refractivity contribution < 1.29 is 14.7 Å². The lowest BCUT2D eigenvalue weighted by Crippen LogP contribution is -2.24. The topological polar surface area (TPSA) is 95.1 Å². The molecular weight excluding hydrogens is 270 g/mol. The molecule has 1 aromatic rings. The molecule has 1 amide bonds. The molecule has 0 saturated heterocycles. The molecule has 0 aromatic carbocycles. The number of carbonyl (C=O) groups excluding carboxylic acids is 1. The Morgan fingerprint density at radius 2 is 1.90 bits per heavy atom. The van der Waals surface area contributed by atoms with Crippen LogP contribution in [0.4, 0.5) is 0 Å². The van der Waals surface area contributed by atoms with Crippen molar-refractivity contribution >= 4 is 11.9 Å². The Labute approximate surface area is 125 Å². The molecule has 0 saturated carbocycles. The van der Waals surface area contributed by atoms with Crippen molar-refractivity contribution in [3.63, 3.8) is 0 Å². The predicted molar refractivity (Wildman–Crippen MR) is 80.3 cm³/mol. The van der Waals surface area contributed by atoms with Gasteiger partial charge < -0.3 is 10.4 Å². The highest BCUT2D eigenvalue weighted by Gasteiger charge is 2.11. The van der Waals surface area contributed by atoms with Gasteiger partial charge in [0.15, 0.2) is 0 Å². The highest BCUT2D eigenvalue weighted by Crippen LogP contribution is 2.11. The molecule has 6 heteroatoms. The van der Waals surface area contributed by atoms with Gasteiger partial charge in [0.05, 0.1) is 0 Å². The van der Waals surface area contributed by atoms with Crippen LogP contribution in [0.5, 0.6) is 0 Å². The van der Waals surface area contributed by atoms with E-state index >= 15 is 0 Å². The van der Waals surface area contributed by atoms with E-state index in [4.69, 9.17) is 5.11 Å². The number of carbonyl (C=O) groups is 2. The molecule has 1 rings (SSSR count). The van der Waals surface area contributed by atoms with E-state index in [0.29, 0.717) is 18.2 Å². The second-order valence-corrected chi connectivity index (χ2v) is 5.53. The van der Waals surface area contributed by atoms with Crippen LogP contribution in [0, 0.1) is 0 Å². The van der Waals surface area contributed by atoms with Crippen molar-refractivity contribution in [2.75, 3.05) is 6.54 Å². The van der Waals surface area contributed by atoms with E-state index in [-0.39, 0.29) is 12.3 Å². The first-order valence-corrected chi connectivity index (χ1v) is 7.56. The smallest absolute Gasteiger partial charge is 0.303 e. The first-order valence-electron chi connectivity index (χ1n) is 7.56. The molecule has 0 aliphatic rings. The summed E-state index contributed by atoms with van der Waals surface area (Å²) >= 11 is 0. The van der Waals surface area contributed by atoms with Gasteiger partial charge in [-0.15, -0.1) is 0 Å². The molecular formula is C15H25N3O3. The van der Waals surface area contributed by atoms with E-state index in [0.717, 1.165) is 37.8 Å². The molecule has 0 radical (unpaired) electrons. The number of nitrogens with one attached hydrogen (secondary N) is 2. The minimum atomic E-state index is -0.734. The molecule has 0 unspecified atom stereocenters. The van der Waals surface area contributed by atoms with Gasteiger partial charge in [-0.3, -0.25) is 14.7 Å². The van der Waals surface area contributed by atoms with Gasteiger partial charge in [0.1, 0.15) is 5.69 Å². The van der Waals surface area contributed by atoms with Crippen molar-refractivity contribution in [1.82, 2.24) is 15.5 Å². The lowest BCUT2D eigenvalue weighted by molar-refractivity contribution is -0.137. The molecule has 0 bridgehead atoms. The number of hydrogen-bond acceptors (Lipinski definition) is 3. The highest BCUT2D eigenvalue weighted by molar-refractivity contribution is 5.92. The lowest BCUT2D eigenvalue weighted by atomic mass is 10.1. The fraction of sp³-hybridized carbons (Fsp3) is 0.667. The summed E-state index contributed by atoms with van der Waals surface area (Å²) in [5.74, 6) is -0.559. The van der Waals surface area contributed by atoms with Gasteiger partial charge in [-0.25, -0.2) is 0 Å². The molecule has 0 aliphatic heterocycles. The molecule has 118 valence electrons. The van der Waals surface area contributed by atoms with Gasteiger partial charge in [-0.05, 0) is 24.8 Å². The van der Waals surface area contributed by atoms with E-state index < -0.39 is 5.97 Å². The summed E-state index contributed by atoms with van der Waals surface area (Å²) in [6, 6.07) is 1.78. The van der Waals surface area contributed by atoms with E-state index in [1.807, 2.05) is 13.8 Å². The molecule has 6 nitrogen and oxygen atoms in total. The standard InChI is InChI=1S/C15H25N3O3/c1-11(2)12-10-13(18-17-12)15(21)16-9-7-5-3-4-6-8-14(19)20/h10-11H,3-9H2,1-2H3,(H,16,21)(H,17,18)(H,19,20). The van der Waals surface area contributed by atoms with Gasteiger partial charge in [0, 0.05) is 18.7 Å². The van der Waals surface area contributed by atoms with Crippen LogP contribution in [0.3, 0.4) is 0 Å². The molecule has 3 N–H and O–H groups in total. The van der Waals surface area contributed by atoms with Crippen molar-refractivity contribution in [3.05, 3.63) is 17.5 Å². The van der Waals surface area contributed by atoms with Gasteiger partial charge in [0.2, 0.25) is 0 Å². The predicted octanol–water partition coefficient (Wildman–Crippen LogP) is 2.69. The number of aromatic amines is 1. The van der Waals surface area contributed by atoms with Crippen molar-refractivity contribution in [1.29, 1.82) is 0 Å². The van der Waals surface area contributed by atoms with Gasteiger partial charge in [-0.1, -0.05) is 33.1 Å². The Balaban J connectivity index is 2.09. The van der Waals surface area contributed by atoms with Crippen LogP contribution in [0.1, 0.15) is 74.5 Å². The summed E-state index contributed by atoms with van der Waals surface area (Å²) in [6.45, 7) is 4.71. The average Bonchev–Trinajstić information content (AvgIpc) is 2.91. The van der Waals surface area contributed by atoms with E-state index in [2.05, 4.69) is 15.5 Å². The molecule has 0 spiro atoms. The van der Waals surface area contributed by atoms with Crippen LogP contribution >= 0.6 is 0 Å². The summed E-state index contributed by atoms with van der Waals surface area (Å²) in [5, 5.41) is 18.2. The van der Waals surface area contributed by atoms with Crippen LogP contribution in [0.25, 0.3) is 0 Å². The number of aliphatic carboxylic acids is 1. The fourth-order valence-corrected chi connectivity index (χ4v) is 1.97. The van der Waals surface area contributed by atoms with Gasteiger partial charge in [-0.2, -0.15) is 5.10 Å². The number of aromatic nitrogens is 2. The maximum Gasteiger partial charge on any atom is 0.303 e. The normalized spacial score (nSPS) is 10.8. The summed E-state index contributed by atoms with van der Waals surface area (Å²) in [7, 11) is 0. The Hall–Kier alpha value is -1.85. The number of rotatable bonds is 10. The quantitative estimate of drug-likeness (QED) is 0.578. The maximum atomic E-state index is 11.8. The zero-order valence-electron chi connectivity index (χ0n) is 12.8. The van der Waals surface area contributed by atoms with E-state index in [1.165, 1.54) is 0 Å². The first-order chi connectivity index (χ1) is 10.0. The summed E-state index contributed by atoms with van der Waals surface area (Å²) < 4.78 is 0. The Bertz CT molecular complexity index is 455. The largest absolute Gasteiger partial charge is 0.481 e. The molecule has 21 heavy (non-hydrogen) atoms. The van der Waals surface area contributed by atoms with Crippen LogP contribution in [0.15, 0.2) is 6.07 Å². The fourth-order valence-electron chi connectivity index (χ4n) is 1.97. The Morgan fingerprint density at radius 1 is 1.24 bits per heavy atom. The Kier molecular flexibility index (Phi) is 7.50. The number of H-pyrrole nitrogens is 1. The average molecular weight is 295 g/mol. The van der Waals surface area contributed by atoms with Crippen LogP contribution in [-0.2, 0) is 4.79 Å². The second-order valence-electron chi connectivity index (χ2n) is 5.53. The monoisotopic (exact) mass is 295 g/mol. The molecule has 0 atom stereocenters. The van der Waals surface area contributed by atoms with E-state index in [9.17, 15) is 9.59 Å². The number of carboxylic acid groups (broad SMARTS) is 1. The maximum absolute atomic E-state index is 11.8. The third-order valence-electron chi connectivity index (χ3n) is 3.31. The zero-order valence-corrected chi connectivity index (χ0v) is 12.8. The van der Waals surface area contributed by atoms with Crippen molar-refractivity contribution in [2.45, 2.75) is 58.3 Å². The van der Waals surface area contributed by atoms with Gasteiger partial charge in [0.25, 0.3) is 5.91 Å². The second kappa shape index (κ2) is 9.15. The zero-order chi connectivity index (χ0) is 15.7. The van der Waals surface area contributed by atoms with E-state index in [1.54, 1.807) is 6.07 Å². The summed E-state index contributed by atoms with van der Waals surface area (Å²) in [6.07, 6.45) is 4.80. The number of amides is 1. The minimum absolute atomic E-state index is 0.149. The molecule has 1 heterocycles. The van der Waals surface area contributed by atoms with Crippen molar-refractivity contribution in [2.24, 2.45) is 0 Å².